The van der Waals surface area contributed by atoms with E-state index in [1.165, 1.54) is 11.2 Å². The first-order valence-electron chi connectivity index (χ1n) is 9.18. The Hall–Kier alpha value is -2.98. The van der Waals surface area contributed by atoms with Gasteiger partial charge in [-0.25, -0.2) is 0 Å². The number of nitrogens with zero attached hydrogens (tertiary/aromatic N) is 3. The first-order valence-corrected chi connectivity index (χ1v) is 10.4. The summed E-state index contributed by atoms with van der Waals surface area (Å²) in [6, 6.07) is 10.4. The molecule has 10 heteroatoms. The minimum absolute atomic E-state index is 0.00247. The van der Waals surface area contributed by atoms with E-state index in [0.717, 1.165) is 4.47 Å². The lowest BCUT2D eigenvalue weighted by Gasteiger charge is -2.35. The number of benzene rings is 1. The molecule has 2 saturated heterocycles. The van der Waals surface area contributed by atoms with Crippen molar-refractivity contribution < 1.29 is 18.8 Å². The molecule has 0 saturated carbocycles. The van der Waals surface area contributed by atoms with Crippen LogP contribution in [0.4, 0.5) is 5.69 Å². The van der Waals surface area contributed by atoms with Crippen LogP contribution >= 0.6 is 28.1 Å². The second-order valence-electron chi connectivity index (χ2n) is 6.72. The van der Waals surface area contributed by atoms with E-state index in [1.807, 2.05) is 4.90 Å². The molecule has 0 spiro atoms. The third-order valence-electron chi connectivity index (χ3n) is 4.83. The van der Waals surface area contributed by atoms with Crippen molar-refractivity contribution in [3.8, 4) is 0 Å². The predicted molar refractivity (Wildman–Crippen MR) is 117 cm³/mol. The number of hydrogen-bond acceptors (Lipinski definition) is 6. The molecule has 1 N–H and O–H groups in total. The highest BCUT2D eigenvalue weighted by Crippen LogP contribution is 2.23. The van der Waals surface area contributed by atoms with Crippen molar-refractivity contribution in [2.45, 2.75) is 0 Å². The number of amides is 3. The summed E-state index contributed by atoms with van der Waals surface area (Å²) < 4.78 is 6.03. The van der Waals surface area contributed by atoms with E-state index in [0.29, 0.717) is 37.6 Å². The number of nitrogens with one attached hydrogen (secondary N) is 1. The molecule has 2 aromatic rings. The zero-order valence-electron chi connectivity index (χ0n) is 15.7. The molecule has 2 aliphatic heterocycles. The Balaban J connectivity index is 1.48. The Morgan fingerprint density at radius 3 is 2.43 bits per heavy atom. The largest absolute Gasteiger partial charge is 0.459 e. The van der Waals surface area contributed by atoms with E-state index in [2.05, 4.69) is 21.2 Å². The number of piperazine rings is 1. The number of furan rings is 1. The van der Waals surface area contributed by atoms with Crippen LogP contribution in [0.3, 0.4) is 0 Å². The average Bonchev–Trinajstić information content (AvgIpc) is 3.27. The molecule has 0 bridgehead atoms. The normalized spacial score (nSPS) is 18.8. The molecule has 1 aromatic carbocycles. The van der Waals surface area contributed by atoms with Crippen molar-refractivity contribution in [3.05, 3.63) is 64.7 Å². The number of carbonyl (C=O) groups is 3. The number of carbonyl (C=O) groups excluding carboxylic acids is 3. The third-order valence-corrected chi connectivity index (χ3v) is 5.64. The molecule has 0 unspecified atom stereocenters. The molecule has 3 amide bonds. The third kappa shape index (κ3) is 4.01. The topological polar surface area (TPSA) is 86.1 Å². The molecule has 3 heterocycles. The molecular weight excluding hydrogens is 472 g/mol. The van der Waals surface area contributed by atoms with Gasteiger partial charge in [-0.3, -0.25) is 24.6 Å². The summed E-state index contributed by atoms with van der Waals surface area (Å²) in [7, 11) is 0. The number of thiocarbonyl (C=S) groups is 1. The van der Waals surface area contributed by atoms with Gasteiger partial charge in [0.05, 0.1) is 12.0 Å². The van der Waals surface area contributed by atoms with Gasteiger partial charge in [0.2, 0.25) is 0 Å². The molecular formula is C20H17BrN4O4S. The van der Waals surface area contributed by atoms with Gasteiger partial charge in [-0.1, -0.05) is 15.9 Å². The highest BCUT2D eigenvalue weighted by molar-refractivity contribution is 9.10. The molecule has 8 nitrogen and oxygen atoms in total. The second-order valence-corrected chi connectivity index (χ2v) is 8.03. The van der Waals surface area contributed by atoms with E-state index in [1.54, 1.807) is 47.5 Å². The fourth-order valence-electron chi connectivity index (χ4n) is 3.26. The van der Waals surface area contributed by atoms with E-state index in [4.69, 9.17) is 16.6 Å². The van der Waals surface area contributed by atoms with Crippen molar-refractivity contribution in [2.75, 3.05) is 31.1 Å². The fourth-order valence-corrected chi connectivity index (χ4v) is 3.81. The van der Waals surface area contributed by atoms with Crippen LogP contribution in [0.2, 0.25) is 0 Å². The molecule has 2 fully saturated rings. The maximum Gasteiger partial charge on any atom is 0.289 e. The Kier molecular flexibility index (Phi) is 5.69. The predicted octanol–water partition coefficient (Wildman–Crippen LogP) is 2.13. The molecule has 154 valence electrons. The summed E-state index contributed by atoms with van der Waals surface area (Å²) in [6.45, 7) is 1.88. The van der Waals surface area contributed by atoms with Crippen molar-refractivity contribution in [3.63, 3.8) is 0 Å². The minimum Gasteiger partial charge on any atom is -0.459 e. The zero-order chi connectivity index (χ0) is 21.3. The van der Waals surface area contributed by atoms with Gasteiger partial charge in [0.15, 0.2) is 10.9 Å². The standard InChI is InChI=1S/C20H17BrN4O4S/c21-13-3-5-14(6-4-13)25-18(27)15(17(26)22-20(25)30)12-23-7-9-24(10-8-23)19(28)16-2-1-11-29-16/h1-6,11-12H,7-10H2,(H,22,26,30). The van der Waals surface area contributed by atoms with Gasteiger partial charge in [0.25, 0.3) is 17.7 Å². The summed E-state index contributed by atoms with van der Waals surface area (Å²) in [5.74, 6) is -0.902. The lowest BCUT2D eigenvalue weighted by molar-refractivity contribution is -0.122. The molecule has 30 heavy (non-hydrogen) atoms. The molecule has 0 aliphatic carbocycles. The van der Waals surface area contributed by atoms with Crippen LogP contribution < -0.4 is 10.2 Å². The van der Waals surface area contributed by atoms with E-state index >= 15 is 0 Å². The zero-order valence-corrected chi connectivity index (χ0v) is 18.1. The van der Waals surface area contributed by atoms with Crippen molar-refractivity contribution in [2.24, 2.45) is 0 Å². The summed E-state index contributed by atoms with van der Waals surface area (Å²) in [5, 5.41) is 2.61. The number of halogens is 1. The Morgan fingerprint density at radius 2 is 1.80 bits per heavy atom. The van der Waals surface area contributed by atoms with Gasteiger partial charge < -0.3 is 14.2 Å². The number of anilines is 1. The lowest BCUT2D eigenvalue weighted by atomic mass is 10.1. The minimum atomic E-state index is -0.535. The van der Waals surface area contributed by atoms with Crippen LogP contribution in [-0.2, 0) is 9.59 Å². The Morgan fingerprint density at radius 1 is 1.10 bits per heavy atom. The van der Waals surface area contributed by atoms with Gasteiger partial charge in [-0.2, -0.15) is 0 Å². The first kappa shape index (κ1) is 20.3. The van der Waals surface area contributed by atoms with Crippen LogP contribution in [0.1, 0.15) is 10.6 Å². The van der Waals surface area contributed by atoms with E-state index in [9.17, 15) is 14.4 Å². The molecule has 1 aromatic heterocycles. The maximum atomic E-state index is 13.0. The maximum absolute atomic E-state index is 13.0. The van der Waals surface area contributed by atoms with Crippen LogP contribution in [0.25, 0.3) is 0 Å². The molecule has 4 rings (SSSR count). The van der Waals surface area contributed by atoms with E-state index in [-0.39, 0.29) is 16.6 Å². The van der Waals surface area contributed by atoms with Gasteiger partial charge >= 0.3 is 0 Å². The Bertz CT molecular complexity index is 1030. The second kappa shape index (κ2) is 8.41. The van der Waals surface area contributed by atoms with Crippen LogP contribution in [0.15, 0.2) is 63.3 Å². The first-order chi connectivity index (χ1) is 14.4. The number of hydrogen-bond donors (Lipinski definition) is 1. The van der Waals surface area contributed by atoms with Crippen molar-refractivity contribution in [1.29, 1.82) is 0 Å². The SMILES string of the molecule is O=C1NC(=S)N(c2ccc(Br)cc2)C(=O)C1=CN1CCN(C(=O)c2ccco2)CC1. The van der Waals surface area contributed by atoms with Crippen molar-refractivity contribution >= 4 is 56.7 Å². The van der Waals surface area contributed by atoms with Gasteiger partial charge in [-0.15, -0.1) is 0 Å². The number of rotatable bonds is 3. The van der Waals surface area contributed by atoms with Gasteiger partial charge in [-0.05, 0) is 48.6 Å². The molecule has 2 aliphatic rings. The van der Waals surface area contributed by atoms with E-state index < -0.39 is 11.8 Å². The lowest BCUT2D eigenvalue weighted by Crippen LogP contribution is -2.55. The average molecular weight is 489 g/mol. The monoisotopic (exact) mass is 488 g/mol. The summed E-state index contributed by atoms with van der Waals surface area (Å²) in [4.78, 5) is 42.7. The van der Waals surface area contributed by atoms with Crippen LogP contribution in [-0.4, -0.2) is 58.8 Å². The van der Waals surface area contributed by atoms with Crippen LogP contribution in [0.5, 0.6) is 0 Å². The Labute approximate surface area is 186 Å². The van der Waals surface area contributed by atoms with Crippen LogP contribution in [0, 0.1) is 0 Å². The van der Waals surface area contributed by atoms with Gasteiger partial charge in [0, 0.05) is 36.9 Å². The molecule has 0 atom stereocenters. The fraction of sp³-hybridized carbons (Fsp3) is 0.200. The summed E-state index contributed by atoms with van der Waals surface area (Å²) in [5.41, 5.74) is 0.560. The highest BCUT2D eigenvalue weighted by Gasteiger charge is 2.35. The summed E-state index contributed by atoms with van der Waals surface area (Å²) >= 11 is 8.56. The quantitative estimate of drug-likeness (QED) is 0.404. The molecule has 0 radical (unpaired) electrons. The van der Waals surface area contributed by atoms with Gasteiger partial charge in [0.1, 0.15) is 5.57 Å². The summed E-state index contributed by atoms with van der Waals surface area (Å²) in [6.07, 6.45) is 3.00. The smallest absolute Gasteiger partial charge is 0.289 e. The van der Waals surface area contributed by atoms with Crippen molar-refractivity contribution in [1.82, 2.24) is 15.1 Å². The highest BCUT2D eigenvalue weighted by atomic mass is 79.9.